The fraction of sp³-hybridized carbons (Fsp3) is 0.368. The highest BCUT2D eigenvalue weighted by molar-refractivity contribution is 5.99. The molecule has 0 radical (unpaired) electrons. The number of amides is 1. The molecule has 1 saturated heterocycles. The van der Waals surface area contributed by atoms with Gasteiger partial charge in [-0.05, 0) is 37.9 Å². The van der Waals surface area contributed by atoms with Crippen LogP contribution in [0.4, 0.5) is 10.2 Å². The van der Waals surface area contributed by atoms with Crippen molar-refractivity contribution in [3.63, 3.8) is 0 Å². The molecule has 9 nitrogen and oxygen atoms in total. The highest BCUT2D eigenvalue weighted by Crippen LogP contribution is 2.34. The van der Waals surface area contributed by atoms with E-state index in [4.69, 9.17) is 5.73 Å². The lowest BCUT2D eigenvalue weighted by Crippen LogP contribution is -2.29. The predicted octanol–water partition coefficient (Wildman–Crippen LogP) is 0.977. The van der Waals surface area contributed by atoms with Crippen molar-refractivity contribution < 1.29 is 9.18 Å². The molecule has 152 valence electrons. The van der Waals surface area contributed by atoms with Crippen LogP contribution in [0.25, 0.3) is 5.65 Å². The number of hydrogen-bond donors (Lipinski definition) is 3. The molecule has 0 bridgehead atoms. The molecule has 1 fully saturated rings. The minimum atomic E-state index is -0.484. The van der Waals surface area contributed by atoms with Crippen molar-refractivity contribution in [1.29, 1.82) is 0 Å². The number of hydrogen-bond acceptors (Lipinski definition) is 6. The first kappa shape index (κ1) is 19.1. The molecule has 3 aromatic rings. The summed E-state index contributed by atoms with van der Waals surface area (Å²) in [5, 5.41) is 6.99. The number of anilines is 1. The maximum Gasteiger partial charge on any atom is 0.256 e. The SMILES string of the molecule is NCCCNC(=O)c1cnn2ccc(N3CCCC3c3cc(F)c[nH]c3=O)nc12. The molecule has 4 N–H and O–H groups in total. The van der Waals surface area contributed by atoms with Crippen LogP contribution in [0, 0.1) is 5.82 Å². The molecule has 1 amide bonds. The molecule has 29 heavy (non-hydrogen) atoms. The van der Waals surface area contributed by atoms with Gasteiger partial charge in [0, 0.05) is 31.0 Å². The molecule has 0 aliphatic carbocycles. The van der Waals surface area contributed by atoms with Gasteiger partial charge in [-0.1, -0.05) is 0 Å². The summed E-state index contributed by atoms with van der Waals surface area (Å²) in [4.78, 5) is 33.7. The Morgan fingerprint density at radius 3 is 3.14 bits per heavy atom. The number of halogens is 1. The maximum absolute atomic E-state index is 13.7. The summed E-state index contributed by atoms with van der Waals surface area (Å²) in [5.41, 5.74) is 6.31. The van der Waals surface area contributed by atoms with Gasteiger partial charge in [-0.25, -0.2) is 13.9 Å². The number of pyridine rings is 1. The monoisotopic (exact) mass is 399 g/mol. The maximum atomic E-state index is 13.7. The van der Waals surface area contributed by atoms with Crippen LogP contribution in [0.15, 0.2) is 35.5 Å². The molecule has 1 aliphatic rings. The zero-order chi connectivity index (χ0) is 20.4. The molecule has 10 heteroatoms. The summed E-state index contributed by atoms with van der Waals surface area (Å²) < 4.78 is 15.2. The molecular weight excluding hydrogens is 377 g/mol. The Hall–Kier alpha value is -3.27. The van der Waals surface area contributed by atoms with Crippen LogP contribution in [0.2, 0.25) is 0 Å². The normalized spacial score (nSPS) is 16.5. The van der Waals surface area contributed by atoms with Gasteiger partial charge in [0.2, 0.25) is 0 Å². The van der Waals surface area contributed by atoms with Crippen molar-refractivity contribution in [3.05, 3.63) is 58.0 Å². The second-order valence-corrected chi connectivity index (χ2v) is 6.96. The molecule has 1 unspecified atom stereocenters. The number of nitrogens with zero attached hydrogens (tertiary/aromatic N) is 4. The van der Waals surface area contributed by atoms with Crippen LogP contribution in [-0.4, -0.2) is 45.1 Å². The van der Waals surface area contributed by atoms with Gasteiger partial charge in [0.1, 0.15) is 17.2 Å². The van der Waals surface area contributed by atoms with Gasteiger partial charge >= 0.3 is 0 Å². The molecule has 4 rings (SSSR count). The van der Waals surface area contributed by atoms with Crippen LogP contribution in [0.3, 0.4) is 0 Å². The number of nitrogens with one attached hydrogen (secondary N) is 2. The average molecular weight is 399 g/mol. The number of aromatic amines is 1. The van der Waals surface area contributed by atoms with E-state index < -0.39 is 5.82 Å². The van der Waals surface area contributed by atoms with E-state index in [1.165, 1.54) is 16.8 Å². The van der Waals surface area contributed by atoms with Crippen molar-refractivity contribution in [3.8, 4) is 0 Å². The second kappa shape index (κ2) is 8.00. The van der Waals surface area contributed by atoms with Gasteiger partial charge in [0.25, 0.3) is 11.5 Å². The fourth-order valence-corrected chi connectivity index (χ4v) is 3.66. The van der Waals surface area contributed by atoms with Gasteiger partial charge in [0.05, 0.1) is 12.2 Å². The van der Waals surface area contributed by atoms with Crippen molar-refractivity contribution in [2.75, 3.05) is 24.5 Å². The van der Waals surface area contributed by atoms with E-state index in [2.05, 4.69) is 20.4 Å². The van der Waals surface area contributed by atoms with Crippen LogP contribution in [0.1, 0.15) is 41.2 Å². The topological polar surface area (TPSA) is 121 Å². The number of nitrogens with two attached hydrogens (primary N) is 1. The van der Waals surface area contributed by atoms with E-state index >= 15 is 0 Å². The molecule has 0 aromatic carbocycles. The minimum absolute atomic E-state index is 0.266. The fourth-order valence-electron chi connectivity index (χ4n) is 3.66. The lowest BCUT2D eigenvalue weighted by Gasteiger charge is -2.25. The Labute approximate surface area is 165 Å². The first-order chi connectivity index (χ1) is 14.1. The Morgan fingerprint density at radius 2 is 2.31 bits per heavy atom. The van der Waals surface area contributed by atoms with E-state index in [1.807, 2.05) is 4.90 Å². The number of aromatic nitrogens is 4. The number of carbonyl (C=O) groups is 1. The summed E-state index contributed by atoms with van der Waals surface area (Å²) >= 11 is 0. The number of H-pyrrole nitrogens is 1. The Kier molecular flexibility index (Phi) is 5.26. The van der Waals surface area contributed by atoms with Crippen LogP contribution in [-0.2, 0) is 0 Å². The number of fused-ring (bicyclic) bond motifs is 1. The third kappa shape index (κ3) is 3.70. The van der Waals surface area contributed by atoms with E-state index in [9.17, 15) is 14.0 Å². The molecule has 0 spiro atoms. The van der Waals surface area contributed by atoms with Gasteiger partial charge in [-0.2, -0.15) is 5.10 Å². The first-order valence-corrected chi connectivity index (χ1v) is 9.56. The van der Waals surface area contributed by atoms with Crippen molar-refractivity contribution in [2.24, 2.45) is 5.73 Å². The lowest BCUT2D eigenvalue weighted by atomic mass is 10.1. The highest BCUT2D eigenvalue weighted by Gasteiger charge is 2.30. The number of rotatable bonds is 6. The van der Waals surface area contributed by atoms with Crippen molar-refractivity contribution >= 4 is 17.4 Å². The minimum Gasteiger partial charge on any atom is -0.352 e. The standard InChI is InChI=1S/C19H22FN7O2/c20-12-9-13(18(28)23-10-12)15-3-1-7-26(15)16-4-8-27-17(25-16)14(11-24-27)19(29)22-6-2-5-21/h4,8-11,15H,1-3,5-7,21H2,(H,22,29)(H,23,28). The summed E-state index contributed by atoms with van der Waals surface area (Å²) in [5.74, 6) is -0.139. The molecule has 0 saturated carbocycles. The molecular formula is C19H22FN7O2. The smallest absolute Gasteiger partial charge is 0.256 e. The third-order valence-corrected chi connectivity index (χ3v) is 5.07. The predicted molar refractivity (Wildman–Crippen MR) is 105 cm³/mol. The summed E-state index contributed by atoms with van der Waals surface area (Å²) in [6.07, 6.45) is 6.49. The zero-order valence-corrected chi connectivity index (χ0v) is 15.8. The first-order valence-electron chi connectivity index (χ1n) is 9.56. The highest BCUT2D eigenvalue weighted by atomic mass is 19.1. The van der Waals surface area contributed by atoms with E-state index in [0.29, 0.717) is 55.1 Å². The summed E-state index contributed by atoms with van der Waals surface area (Å²) in [6, 6.07) is 2.77. The van der Waals surface area contributed by atoms with E-state index in [1.54, 1.807) is 12.3 Å². The second-order valence-electron chi connectivity index (χ2n) is 6.96. The van der Waals surface area contributed by atoms with Crippen LogP contribution >= 0.6 is 0 Å². The van der Waals surface area contributed by atoms with Gasteiger partial charge in [0.15, 0.2) is 5.65 Å². The van der Waals surface area contributed by atoms with Crippen LogP contribution in [0.5, 0.6) is 0 Å². The molecule has 3 aromatic heterocycles. The molecule has 1 aliphatic heterocycles. The van der Waals surface area contributed by atoms with E-state index in [0.717, 1.165) is 12.6 Å². The summed E-state index contributed by atoms with van der Waals surface area (Å²) in [6.45, 7) is 1.64. The Morgan fingerprint density at radius 1 is 1.45 bits per heavy atom. The zero-order valence-electron chi connectivity index (χ0n) is 15.8. The summed E-state index contributed by atoms with van der Waals surface area (Å²) in [7, 11) is 0. The van der Waals surface area contributed by atoms with Crippen molar-refractivity contribution in [2.45, 2.75) is 25.3 Å². The van der Waals surface area contributed by atoms with Gasteiger partial charge in [-0.3, -0.25) is 9.59 Å². The number of carbonyl (C=O) groups excluding carboxylic acids is 1. The van der Waals surface area contributed by atoms with Crippen molar-refractivity contribution in [1.82, 2.24) is 24.9 Å². The third-order valence-electron chi connectivity index (χ3n) is 5.07. The Bertz CT molecular complexity index is 1090. The molecule has 4 heterocycles. The van der Waals surface area contributed by atoms with Gasteiger partial charge < -0.3 is 20.9 Å². The van der Waals surface area contributed by atoms with Crippen LogP contribution < -0.4 is 21.5 Å². The lowest BCUT2D eigenvalue weighted by molar-refractivity contribution is 0.0955. The Balaban J connectivity index is 1.66. The molecule has 1 atom stereocenters. The van der Waals surface area contributed by atoms with E-state index in [-0.39, 0.29) is 17.5 Å². The quantitative estimate of drug-likeness (QED) is 0.531. The average Bonchev–Trinajstić information content (AvgIpc) is 3.36. The largest absolute Gasteiger partial charge is 0.352 e. The van der Waals surface area contributed by atoms with Gasteiger partial charge in [-0.15, -0.1) is 0 Å².